The monoisotopic (exact) mass is 280 g/mol. The van der Waals surface area contributed by atoms with Gasteiger partial charge in [-0.15, -0.1) is 11.8 Å². The van der Waals surface area contributed by atoms with Gasteiger partial charge < -0.3 is 10.8 Å². The fourth-order valence-corrected chi connectivity index (χ4v) is 2.35. The lowest BCUT2D eigenvalue weighted by Gasteiger charge is -2.10. The lowest BCUT2D eigenvalue weighted by molar-refractivity contribution is 0.204. The summed E-state index contributed by atoms with van der Waals surface area (Å²) in [4.78, 5) is 4.16. The fourth-order valence-electron chi connectivity index (χ4n) is 1.43. The average molecular weight is 281 g/mol. The van der Waals surface area contributed by atoms with Gasteiger partial charge in [-0.3, -0.25) is 0 Å². The van der Waals surface area contributed by atoms with Crippen LogP contribution in [0.5, 0.6) is 0 Å². The van der Waals surface area contributed by atoms with Crippen LogP contribution < -0.4 is 5.73 Å². The maximum Gasteiger partial charge on any atom is 0.0961 e. The number of aliphatic hydroxyl groups excluding tert-OH is 1. The minimum atomic E-state index is -0.534. The van der Waals surface area contributed by atoms with Crippen molar-refractivity contribution in [2.24, 2.45) is 0 Å². The first-order valence-electron chi connectivity index (χ1n) is 5.43. The number of thioether (sulfide) groups is 1. The first-order chi connectivity index (χ1) is 8.65. The van der Waals surface area contributed by atoms with E-state index in [9.17, 15) is 5.11 Å². The lowest BCUT2D eigenvalue weighted by Crippen LogP contribution is -2.01. The molecule has 0 saturated heterocycles. The Balaban J connectivity index is 1.93. The third-order valence-electron chi connectivity index (χ3n) is 2.41. The standard InChI is InChI=1S/C13H13ClN2OS/c14-10-3-6-13(16-7-10)18-8-12(17)9-1-4-11(15)5-2-9/h1-7,12,17H,8,15H2. The Kier molecular flexibility index (Phi) is 4.47. The number of aromatic nitrogens is 1. The third kappa shape index (κ3) is 3.63. The van der Waals surface area contributed by atoms with Gasteiger partial charge in [-0.05, 0) is 29.8 Å². The molecule has 18 heavy (non-hydrogen) atoms. The maximum absolute atomic E-state index is 10.0. The van der Waals surface area contributed by atoms with Crippen molar-refractivity contribution in [1.82, 2.24) is 4.98 Å². The van der Waals surface area contributed by atoms with Crippen molar-refractivity contribution >= 4 is 29.1 Å². The molecule has 94 valence electrons. The number of hydrogen-bond donors (Lipinski definition) is 2. The second-order valence-corrected chi connectivity index (χ2v) is 5.28. The van der Waals surface area contributed by atoms with Gasteiger partial charge in [-0.25, -0.2) is 4.98 Å². The van der Waals surface area contributed by atoms with Crippen LogP contribution in [0.3, 0.4) is 0 Å². The molecule has 2 rings (SSSR count). The highest BCUT2D eigenvalue weighted by atomic mass is 35.5. The zero-order valence-electron chi connectivity index (χ0n) is 9.58. The zero-order chi connectivity index (χ0) is 13.0. The molecular weight excluding hydrogens is 268 g/mol. The number of pyridine rings is 1. The Bertz CT molecular complexity index is 501. The molecule has 3 nitrogen and oxygen atoms in total. The Morgan fingerprint density at radius 1 is 1.22 bits per heavy atom. The summed E-state index contributed by atoms with van der Waals surface area (Å²) < 4.78 is 0. The van der Waals surface area contributed by atoms with E-state index in [0.717, 1.165) is 10.6 Å². The van der Waals surface area contributed by atoms with E-state index in [4.69, 9.17) is 17.3 Å². The van der Waals surface area contributed by atoms with Crippen molar-refractivity contribution in [2.75, 3.05) is 11.5 Å². The summed E-state index contributed by atoms with van der Waals surface area (Å²) in [5.74, 6) is 0.540. The molecule has 0 saturated carbocycles. The Labute approximate surface area is 115 Å². The number of nitrogens with zero attached hydrogens (tertiary/aromatic N) is 1. The molecule has 0 bridgehead atoms. The Morgan fingerprint density at radius 2 is 1.94 bits per heavy atom. The molecule has 1 atom stereocenters. The molecule has 5 heteroatoms. The molecule has 1 aromatic heterocycles. The molecule has 0 aliphatic heterocycles. The summed E-state index contributed by atoms with van der Waals surface area (Å²) in [7, 11) is 0. The highest BCUT2D eigenvalue weighted by Gasteiger charge is 2.08. The van der Waals surface area contributed by atoms with E-state index in [1.54, 1.807) is 24.4 Å². The van der Waals surface area contributed by atoms with Gasteiger partial charge in [0.2, 0.25) is 0 Å². The summed E-state index contributed by atoms with van der Waals surface area (Å²) in [5.41, 5.74) is 7.14. The van der Waals surface area contributed by atoms with Crippen LogP contribution >= 0.6 is 23.4 Å². The van der Waals surface area contributed by atoms with E-state index in [2.05, 4.69) is 4.98 Å². The van der Waals surface area contributed by atoms with Gasteiger partial charge in [0.15, 0.2) is 0 Å². The van der Waals surface area contributed by atoms with Crippen LogP contribution in [0, 0.1) is 0 Å². The Hall–Kier alpha value is -1.23. The number of nitrogen functional groups attached to an aromatic ring is 1. The van der Waals surface area contributed by atoms with Crippen LogP contribution in [-0.2, 0) is 0 Å². The largest absolute Gasteiger partial charge is 0.399 e. The van der Waals surface area contributed by atoms with E-state index in [1.165, 1.54) is 11.8 Å². The molecule has 1 heterocycles. The van der Waals surface area contributed by atoms with E-state index in [0.29, 0.717) is 16.5 Å². The number of anilines is 1. The molecule has 0 radical (unpaired) electrons. The van der Waals surface area contributed by atoms with E-state index < -0.39 is 6.10 Å². The van der Waals surface area contributed by atoms with E-state index >= 15 is 0 Å². The second kappa shape index (κ2) is 6.09. The number of hydrogen-bond acceptors (Lipinski definition) is 4. The third-order valence-corrected chi connectivity index (χ3v) is 3.65. The van der Waals surface area contributed by atoms with Crippen LogP contribution in [0.4, 0.5) is 5.69 Å². The van der Waals surface area contributed by atoms with Crippen molar-refractivity contribution in [3.8, 4) is 0 Å². The molecule has 1 aromatic carbocycles. The minimum Gasteiger partial charge on any atom is -0.399 e. The molecule has 0 fully saturated rings. The van der Waals surface area contributed by atoms with Gasteiger partial charge in [0.05, 0.1) is 16.2 Å². The lowest BCUT2D eigenvalue weighted by atomic mass is 10.1. The second-order valence-electron chi connectivity index (χ2n) is 3.81. The topological polar surface area (TPSA) is 59.1 Å². The predicted molar refractivity (Wildman–Crippen MR) is 75.8 cm³/mol. The normalized spacial score (nSPS) is 12.3. The fraction of sp³-hybridized carbons (Fsp3) is 0.154. The van der Waals surface area contributed by atoms with Crippen LogP contribution in [0.1, 0.15) is 11.7 Å². The van der Waals surface area contributed by atoms with E-state index in [-0.39, 0.29) is 0 Å². The van der Waals surface area contributed by atoms with Crippen molar-refractivity contribution in [1.29, 1.82) is 0 Å². The number of halogens is 1. The van der Waals surface area contributed by atoms with Crippen LogP contribution in [0.2, 0.25) is 5.02 Å². The molecule has 3 N–H and O–H groups in total. The van der Waals surface area contributed by atoms with Crippen molar-refractivity contribution < 1.29 is 5.11 Å². The summed E-state index contributed by atoms with van der Waals surface area (Å²) in [6.07, 6.45) is 1.06. The first kappa shape index (κ1) is 13.2. The van der Waals surface area contributed by atoms with Crippen LogP contribution in [0.15, 0.2) is 47.6 Å². The van der Waals surface area contributed by atoms with E-state index in [1.807, 2.05) is 18.2 Å². The van der Waals surface area contributed by atoms with Gasteiger partial charge in [0.25, 0.3) is 0 Å². The molecule has 0 aliphatic rings. The predicted octanol–water partition coefficient (Wildman–Crippen LogP) is 3.14. The smallest absolute Gasteiger partial charge is 0.0961 e. The van der Waals surface area contributed by atoms with Gasteiger partial charge in [-0.2, -0.15) is 0 Å². The molecule has 2 aromatic rings. The number of benzene rings is 1. The highest BCUT2D eigenvalue weighted by Crippen LogP contribution is 2.24. The molecule has 0 amide bonds. The van der Waals surface area contributed by atoms with Crippen LogP contribution in [-0.4, -0.2) is 15.8 Å². The summed E-state index contributed by atoms with van der Waals surface area (Å²) in [6.45, 7) is 0. The first-order valence-corrected chi connectivity index (χ1v) is 6.79. The summed E-state index contributed by atoms with van der Waals surface area (Å²) in [6, 6.07) is 10.8. The molecule has 0 spiro atoms. The van der Waals surface area contributed by atoms with Crippen molar-refractivity contribution in [3.05, 3.63) is 53.2 Å². The maximum atomic E-state index is 10.0. The highest BCUT2D eigenvalue weighted by molar-refractivity contribution is 7.99. The number of rotatable bonds is 4. The van der Waals surface area contributed by atoms with Gasteiger partial charge >= 0.3 is 0 Å². The van der Waals surface area contributed by atoms with Crippen molar-refractivity contribution in [3.63, 3.8) is 0 Å². The number of aliphatic hydroxyl groups is 1. The summed E-state index contributed by atoms with van der Waals surface area (Å²) >= 11 is 7.24. The van der Waals surface area contributed by atoms with Crippen molar-refractivity contribution in [2.45, 2.75) is 11.1 Å². The molecule has 1 unspecified atom stereocenters. The summed E-state index contributed by atoms with van der Waals surface area (Å²) in [5, 5.41) is 11.5. The minimum absolute atomic E-state index is 0.534. The SMILES string of the molecule is Nc1ccc(C(O)CSc2ccc(Cl)cn2)cc1. The van der Waals surface area contributed by atoms with Gasteiger partial charge in [-0.1, -0.05) is 23.7 Å². The Morgan fingerprint density at radius 3 is 2.56 bits per heavy atom. The average Bonchev–Trinajstić information content (AvgIpc) is 2.38. The van der Waals surface area contributed by atoms with Gasteiger partial charge in [0, 0.05) is 17.6 Å². The molecular formula is C13H13ClN2OS. The zero-order valence-corrected chi connectivity index (χ0v) is 11.2. The number of nitrogens with two attached hydrogens (primary N) is 1. The quantitative estimate of drug-likeness (QED) is 0.667. The van der Waals surface area contributed by atoms with Crippen LogP contribution in [0.25, 0.3) is 0 Å². The molecule has 0 aliphatic carbocycles. The van der Waals surface area contributed by atoms with Gasteiger partial charge in [0.1, 0.15) is 0 Å².